The molecule has 3 aromatic rings. The highest BCUT2D eigenvalue weighted by Crippen LogP contribution is 2.23. The second-order valence-corrected chi connectivity index (χ2v) is 6.32. The van der Waals surface area contributed by atoms with Gasteiger partial charge in [-0.1, -0.05) is 18.2 Å². The first kappa shape index (κ1) is 17.0. The first-order chi connectivity index (χ1) is 12.2. The lowest BCUT2D eigenvalue weighted by atomic mass is 10.2. The van der Waals surface area contributed by atoms with Crippen molar-refractivity contribution in [3.05, 3.63) is 66.2 Å². The number of hydrogen-bond donors (Lipinski definition) is 1. The summed E-state index contributed by atoms with van der Waals surface area (Å²) in [5, 5.41) is 5.79. The van der Waals surface area contributed by atoms with Crippen LogP contribution in [0.1, 0.15) is 0 Å². The number of urea groups is 1. The first-order valence-electron chi connectivity index (χ1n) is 7.92. The number of likely N-dealkylation sites (N-methyl/N-ethyl adjacent to an activating group) is 1. The summed E-state index contributed by atoms with van der Waals surface area (Å²) in [7, 11) is 1.74. The molecule has 0 aliphatic rings. The molecule has 0 saturated carbocycles. The van der Waals surface area contributed by atoms with E-state index >= 15 is 0 Å². The third-order valence-electron chi connectivity index (χ3n) is 3.60. The lowest BCUT2D eigenvalue weighted by Crippen LogP contribution is -2.34. The molecule has 0 fully saturated rings. The van der Waals surface area contributed by atoms with Crippen LogP contribution in [0, 0.1) is 0 Å². The maximum Gasteiger partial charge on any atom is 0.321 e. The SMILES string of the molecule is CN(CCOc1ccccc1)C(=O)Nc1ccc(-c2nccs2)cc1. The van der Waals surface area contributed by atoms with Gasteiger partial charge >= 0.3 is 6.03 Å². The van der Waals surface area contributed by atoms with Crippen LogP contribution in [0.15, 0.2) is 66.2 Å². The molecule has 0 radical (unpaired) electrons. The Hall–Kier alpha value is -2.86. The number of rotatable bonds is 6. The Morgan fingerprint density at radius 3 is 2.60 bits per heavy atom. The molecule has 25 heavy (non-hydrogen) atoms. The number of thiazole rings is 1. The third-order valence-corrected chi connectivity index (χ3v) is 4.42. The molecule has 1 heterocycles. The lowest BCUT2D eigenvalue weighted by molar-refractivity contribution is 0.207. The lowest BCUT2D eigenvalue weighted by Gasteiger charge is -2.18. The predicted octanol–water partition coefficient (Wildman–Crippen LogP) is 4.35. The van der Waals surface area contributed by atoms with Gasteiger partial charge in [0.25, 0.3) is 0 Å². The average molecular weight is 353 g/mol. The summed E-state index contributed by atoms with van der Waals surface area (Å²) in [6.07, 6.45) is 1.78. The fraction of sp³-hybridized carbons (Fsp3) is 0.158. The van der Waals surface area contributed by atoms with Gasteiger partial charge in [0.1, 0.15) is 17.4 Å². The van der Waals surface area contributed by atoms with Crippen LogP contribution in [0.3, 0.4) is 0 Å². The standard InChI is InChI=1S/C19H19N3O2S/c1-22(12-13-24-17-5-3-2-4-6-17)19(23)21-16-9-7-15(8-10-16)18-20-11-14-25-18/h2-11,14H,12-13H2,1H3,(H,21,23). The molecule has 1 aromatic heterocycles. The van der Waals surface area contributed by atoms with Crippen LogP contribution in [0.4, 0.5) is 10.5 Å². The maximum absolute atomic E-state index is 12.2. The predicted molar refractivity (Wildman–Crippen MR) is 101 cm³/mol. The molecule has 6 heteroatoms. The Kier molecular flexibility index (Phi) is 5.64. The first-order valence-corrected chi connectivity index (χ1v) is 8.80. The van der Waals surface area contributed by atoms with Crippen LogP contribution in [0.5, 0.6) is 5.75 Å². The van der Waals surface area contributed by atoms with Crippen molar-refractivity contribution in [2.75, 3.05) is 25.5 Å². The number of hydrogen-bond acceptors (Lipinski definition) is 4. The van der Waals surface area contributed by atoms with Gasteiger partial charge in [0, 0.05) is 29.9 Å². The van der Waals surface area contributed by atoms with Crippen molar-refractivity contribution in [3.8, 4) is 16.3 Å². The van der Waals surface area contributed by atoms with E-state index in [9.17, 15) is 4.79 Å². The van der Waals surface area contributed by atoms with Crippen molar-refractivity contribution in [3.63, 3.8) is 0 Å². The van der Waals surface area contributed by atoms with Crippen LogP contribution in [0.25, 0.3) is 10.6 Å². The third kappa shape index (κ3) is 4.81. The number of ether oxygens (including phenoxy) is 1. The average Bonchev–Trinajstić information content (AvgIpc) is 3.18. The summed E-state index contributed by atoms with van der Waals surface area (Å²) in [6, 6.07) is 17.0. The number of para-hydroxylation sites is 1. The topological polar surface area (TPSA) is 54.5 Å². The van der Waals surface area contributed by atoms with Crippen LogP contribution in [0.2, 0.25) is 0 Å². The van der Waals surface area contributed by atoms with E-state index in [1.807, 2.05) is 60.0 Å². The minimum Gasteiger partial charge on any atom is -0.492 e. The number of nitrogens with zero attached hydrogens (tertiary/aromatic N) is 2. The van der Waals surface area contributed by atoms with E-state index in [1.54, 1.807) is 29.5 Å². The molecule has 0 saturated heterocycles. The molecule has 2 amide bonds. The van der Waals surface area contributed by atoms with Gasteiger partial charge in [0.2, 0.25) is 0 Å². The minimum absolute atomic E-state index is 0.168. The summed E-state index contributed by atoms with van der Waals surface area (Å²) in [6.45, 7) is 0.939. The van der Waals surface area contributed by atoms with E-state index in [1.165, 1.54) is 0 Å². The highest BCUT2D eigenvalue weighted by Gasteiger charge is 2.09. The molecule has 0 aliphatic carbocycles. The van der Waals surface area contributed by atoms with Crippen molar-refractivity contribution in [2.24, 2.45) is 0 Å². The zero-order chi connectivity index (χ0) is 17.5. The van der Waals surface area contributed by atoms with Gasteiger partial charge in [-0.15, -0.1) is 11.3 Å². The Morgan fingerprint density at radius 2 is 1.92 bits per heavy atom. The molecule has 0 aliphatic heterocycles. The highest BCUT2D eigenvalue weighted by molar-refractivity contribution is 7.13. The monoisotopic (exact) mass is 353 g/mol. The summed E-state index contributed by atoms with van der Waals surface area (Å²) >= 11 is 1.59. The van der Waals surface area contributed by atoms with Crippen LogP contribution >= 0.6 is 11.3 Å². The molecule has 2 aromatic carbocycles. The Bertz CT molecular complexity index is 789. The number of aromatic nitrogens is 1. The molecular weight excluding hydrogens is 334 g/mol. The van der Waals surface area contributed by atoms with E-state index in [0.29, 0.717) is 13.2 Å². The van der Waals surface area contributed by atoms with Crippen molar-refractivity contribution in [2.45, 2.75) is 0 Å². The number of amides is 2. The van der Waals surface area contributed by atoms with Crippen molar-refractivity contribution < 1.29 is 9.53 Å². The van der Waals surface area contributed by atoms with Gasteiger partial charge in [-0.2, -0.15) is 0 Å². The number of carbonyl (C=O) groups is 1. The molecule has 5 nitrogen and oxygen atoms in total. The summed E-state index contributed by atoms with van der Waals surface area (Å²) in [5.74, 6) is 0.800. The highest BCUT2D eigenvalue weighted by atomic mass is 32.1. The normalized spacial score (nSPS) is 10.3. The van der Waals surface area contributed by atoms with E-state index in [0.717, 1.165) is 22.0 Å². The maximum atomic E-state index is 12.2. The minimum atomic E-state index is -0.168. The Morgan fingerprint density at radius 1 is 1.16 bits per heavy atom. The Balaban J connectivity index is 1.47. The molecule has 0 atom stereocenters. The van der Waals surface area contributed by atoms with Crippen LogP contribution in [-0.4, -0.2) is 36.1 Å². The van der Waals surface area contributed by atoms with E-state index < -0.39 is 0 Å². The molecule has 0 bridgehead atoms. The second-order valence-electron chi connectivity index (χ2n) is 5.43. The fourth-order valence-electron chi connectivity index (χ4n) is 2.20. The summed E-state index contributed by atoms with van der Waals surface area (Å²) in [4.78, 5) is 18.1. The van der Waals surface area contributed by atoms with Crippen LogP contribution in [-0.2, 0) is 0 Å². The van der Waals surface area contributed by atoms with Gasteiger partial charge in [0.05, 0.1) is 6.54 Å². The molecular formula is C19H19N3O2S. The largest absolute Gasteiger partial charge is 0.492 e. The molecule has 0 spiro atoms. The van der Waals surface area contributed by atoms with Crippen LogP contribution < -0.4 is 10.1 Å². The van der Waals surface area contributed by atoms with Gasteiger partial charge in [0.15, 0.2) is 0 Å². The Labute approximate surface area is 150 Å². The van der Waals surface area contributed by atoms with E-state index in [-0.39, 0.29) is 6.03 Å². The molecule has 128 valence electrons. The number of nitrogens with one attached hydrogen (secondary N) is 1. The second kappa shape index (κ2) is 8.30. The van der Waals surface area contributed by atoms with Gasteiger partial charge in [-0.3, -0.25) is 0 Å². The van der Waals surface area contributed by atoms with Crippen molar-refractivity contribution >= 4 is 23.1 Å². The zero-order valence-corrected chi connectivity index (χ0v) is 14.7. The van der Waals surface area contributed by atoms with Crippen molar-refractivity contribution in [1.82, 2.24) is 9.88 Å². The number of anilines is 1. The summed E-state index contributed by atoms with van der Waals surface area (Å²) in [5.41, 5.74) is 1.79. The number of carbonyl (C=O) groups excluding carboxylic acids is 1. The van der Waals surface area contributed by atoms with Gasteiger partial charge in [-0.05, 0) is 36.4 Å². The number of benzene rings is 2. The summed E-state index contributed by atoms with van der Waals surface area (Å²) < 4.78 is 5.61. The van der Waals surface area contributed by atoms with Gasteiger partial charge < -0.3 is 15.0 Å². The fourth-order valence-corrected chi connectivity index (χ4v) is 2.84. The van der Waals surface area contributed by atoms with Gasteiger partial charge in [-0.25, -0.2) is 9.78 Å². The zero-order valence-electron chi connectivity index (χ0n) is 13.9. The smallest absolute Gasteiger partial charge is 0.321 e. The quantitative estimate of drug-likeness (QED) is 0.717. The van der Waals surface area contributed by atoms with E-state index in [2.05, 4.69) is 10.3 Å². The molecule has 1 N–H and O–H groups in total. The van der Waals surface area contributed by atoms with E-state index in [4.69, 9.17) is 4.74 Å². The van der Waals surface area contributed by atoms with Crippen molar-refractivity contribution in [1.29, 1.82) is 0 Å². The molecule has 3 rings (SSSR count). The molecule has 0 unspecified atom stereocenters.